The van der Waals surface area contributed by atoms with Gasteiger partial charge in [-0.15, -0.1) is 5.10 Å². The monoisotopic (exact) mass is 348 g/mol. The van der Waals surface area contributed by atoms with Crippen molar-refractivity contribution in [2.75, 3.05) is 6.54 Å². The van der Waals surface area contributed by atoms with Crippen molar-refractivity contribution in [3.63, 3.8) is 0 Å². The first kappa shape index (κ1) is 16.4. The second-order valence-corrected chi connectivity index (χ2v) is 6.45. The van der Waals surface area contributed by atoms with Crippen LogP contribution in [0.25, 0.3) is 0 Å². The van der Waals surface area contributed by atoms with Crippen LogP contribution in [0, 0.1) is 0 Å². The normalized spacial score (nSPS) is 17.2. The highest BCUT2D eigenvalue weighted by Gasteiger charge is 2.32. The molecule has 1 saturated heterocycles. The van der Waals surface area contributed by atoms with Crippen LogP contribution in [0.4, 0.5) is 0 Å². The maximum absolute atomic E-state index is 12.8. The molecule has 0 unspecified atom stereocenters. The molecular formula is C20H20N4O2. The molecule has 1 fully saturated rings. The highest BCUT2D eigenvalue weighted by Crippen LogP contribution is 2.31. The fraction of sp³-hybridized carbons (Fsp3) is 0.300. The quantitative estimate of drug-likeness (QED) is 0.722. The van der Waals surface area contributed by atoms with Crippen LogP contribution in [0.2, 0.25) is 0 Å². The number of hydrogen-bond acceptors (Lipinski definition) is 5. The number of aromatic nitrogens is 3. The number of rotatable bonds is 4. The van der Waals surface area contributed by atoms with Crippen molar-refractivity contribution in [3.05, 3.63) is 77.8 Å². The van der Waals surface area contributed by atoms with Gasteiger partial charge in [-0.1, -0.05) is 30.3 Å². The first-order valence-corrected chi connectivity index (χ1v) is 8.88. The Balaban J connectivity index is 1.54. The summed E-state index contributed by atoms with van der Waals surface area (Å²) in [5, 5.41) is 7.76. The Morgan fingerprint density at radius 1 is 1.15 bits per heavy atom. The molecule has 0 saturated carbocycles. The van der Waals surface area contributed by atoms with Crippen molar-refractivity contribution in [2.45, 2.75) is 31.7 Å². The largest absolute Gasteiger partial charge is 0.443 e. The molecule has 3 heterocycles. The zero-order valence-corrected chi connectivity index (χ0v) is 14.4. The van der Waals surface area contributed by atoms with Gasteiger partial charge in [0, 0.05) is 19.2 Å². The van der Waals surface area contributed by atoms with Gasteiger partial charge in [0.05, 0.1) is 6.20 Å². The van der Waals surface area contributed by atoms with E-state index in [1.807, 2.05) is 23.1 Å². The average molecular weight is 348 g/mol. The molecular weight excluding hydrogens is 328 g/mol. The minimum atomic E-state index is -0.150. The number of likely N-dealkylation sites (tertiary alicyclic amines) is 1. The van der Waals surface area contributed by atoms with Crippen molar-refractivity contribution >= 4 is 5.91 Å². The van der Waals surface area contributed by atoms with Crippen LogP contribution in [-0.4, -0.2) is 32.5 Å². The molecule has 2 aromatic heterocycles. The van der Waals surface area contributed by atoms with Gasteiger partial charge in [-0.25, -0.2) is 4.98 Å². The molecule has 1 aliphatic rings. The van der Waals surface area contributed by atoms with Gasteiger partial charge in [-0.3, -0.25) is 4.79 Å². The lowest BCUT2D eigenvalue weighted by Crippen LogP contribution is -2.39. The maximum atomic E-state index is 12.8. The van der Waals surface area contributed by atoms with Gasteiger partial charge >= 0.3 is 0 Å². The third kappa shape index (κ3) is 3.49. The van der Waals surface area contributed by atoms with Gasteiger partial charge in [0.15, 0.2) is 5.69 Å². The summed E-state index contributed by atoms with van der Waals surface area (Å²) in [4.78, 5) is 19.1. The molecule has 0 aliphatic carbocycles. The lowest BCUT2D eigenvalue weighted by molar-refractivity contribution is 0.0562. The molecule has 1 atom stereocenters. The van der Waals surface area contributed by atoms with Gasteiger partial charge in [-0.2, -0.15) is 5.10 Å². The van der Waals surface area contributed by atoms with E-state index < -0.39 is 0 Å². The van der Waals surface area contributed by atoms with E-state index in [9.17, 15) is 4.79 Å². The molecule has 0 radical (unpaired) electrons. The molecule has 26 heavy (non-hydrogen) atoms. The minimum Gasteiger partial charge on any atom is -0.443 e. The molecule has 6 heteroatoms. The van der Waals surface area contributed by atoms with E-state index in [2.05, 4.69) is 27.3 Å². The van der Waals surface area contributed by atoms with E-state index in [0.29, 0.717) is 24.6 Å². The molecule has 0 bridgehead atoms. The third-order valence-corrected chi connectivity index (χ3v) is 4.63. The topological polar surface area (TPSA) is 72.1 Å². The summed E-state index contributed by atoms with van der Waals surface area (Å²) in [6.07, 6.45) is 6.89. The van der Waals surface area contributed by atoms with Crippen molar-refractivity contribution in [1.29, 1.82) is 0 Å². The van der Waals surface area contributed by atoms with Crippen molar-refractivity contribution in [2.24, 2.45) is 0 Å². The second-order valence-electron chi connectivity index (χ2n) is 6.45. The summed E-state index contributed by atoms with van der Waals surface area (Å²) in [5.74, 6) is 1.29. The second kappa shape index (κ2) is 7.47. The van der Waals surface area contributed by atoms with Crippen molar-refractivity contribution < 1.29 is 9.21 Å². The summed E-state index contributed by atoms with van der Waals surface area (Å²) in [7, 11) is 0. The van der Waals surface area contributed by atoms with Gasteiger partial charge in [-0.05, 0) is 37.0 Å². The Morgan fingerprint density at radius 2 is 2.04 bits per heavy atom. The Kier molecular flexibility index (Phi) is 4.73. The SMILES string of the molecule is O=C(c1cccnn1)N1CCCC[C@H]1c1ncc(Cc2ccccc2)o1. The van der Waals surface area contributed by atoms with Gasteiger partial charge < -0.3 is 9.32 Å². The van der Waals surface area contributed by atoms with Crippen LogP contribution < -0.4 is 0 Å². The van der Waals surface area contributed by atoms with Gasteiger partial charge in [0.2, 0.25) is 5.89 Å². The summed E-state index contributed by atoms with van der Waals surface area (Å²) in [5.41, 5.74) is 1.53. The summed E-state index contributed by atoms with van der Waals surface area (Å²) < 4.78 is 6.00. The van der Waals surface area contributed by atoms with E-state index in [0.717, 1.165) is 25.0 Å². The average Bonchev–Trinajstić information content (AvgIpc) is 3.17. The zero-order chi connectivity index (χ0) is 17.8. The molecule has 0 N–H and O–H groups in total. The summed E-state index contributed by atoms with van der Waals surface area (Å²) >= 11 is 0. The number of nitrogens with zero attached hydrogens (tertiary/aromatic N) is 4. The molecule has 6 nitrogen and oxygen atoms in total. The van der Waals surface area contributed by atoms with Crippen molar-refractivity contribution in [3.8, 4) is 0 Å². The number of hydrogen-bond donors (Lipinski definition) is 0. The van der Waals surface area contributed by atoms with E-state index >= 15 is 0 Å². The fourth-order valence-electron chi connectivity index (χ4n) is 3.35. The van der Waals surface area contributed by atoms with Crippen LogP contribution in [0.3, 0.4) is 0 Å². The lowest BCUT2D eigenvalue weighted by atomic mass is 10.0. The smallest absolute Gasteiger partial charge is 0.275 e. The first-order chi connectivity index (χ1) is 12.8. The number of carbonyl (C=O) groups excluding carboxylic acids is 1. The molecule has 1 aromatic carbocycles. The number of carbonyl (C=O) groups is 1. The predicted octanol–water partition coefficient (Wildman–Crippen LogP) is 3.42. The maximum Gasteiger partial charge on any atom is 0.275 e. The van der Waals surface area contributed by atoms with Gasteiger partial charge in [0.25, 0.3) is 5.91 Å². The van der Waals surface area contributed by atoms with Crippen LogP contribution in [-0.2, 0) is 6.42 Å². The van der Waals surface area contributed by atoms with E-state index in [1.165, 1.54) is 5.56 Å². The highest BCUT2D eigenvalue weighted by molar-refractivity contribution is 5.92. The first-order valence-electron chi connectivity index (χ1n) is 8.88. The predicted molar refractivity (Wildman–Crippen MR) is 95.4 cm³/mol. The minimum absolute atomic E-state index is 0.120. The molecule has 0 spiro atoms. The number of benzene rings is 1. The summed E-state index contributed by atoms with van der Waals surface area (Å²) in [6.45, 7) is 0.677. The molecule has 1 aliphatic heterocycles. The van der Waals surface area contributed by atoms with Crippen LogP contribution in [0.5, 0.6) is 0 Å². The van der Waals surface area contributed by atoms with Crippen LogP contribution >= 0.6 is 0 Å². The van der Waals surface area contributed by atoms with Crippen LogP contribution in [0.15, 0.2) is 59.3 Å². The lowest BCUT2D eigenvalue weighted by Gasteiger charge is -2.33. The molecule has 1 amide bonds. The van der Waals surface area contributed by atoms with Crippen LogP contribution in [0.1, 0.15) is 53.0 Å². The molecule has 3 aromatic rings. The van der Waals surface area contributed by atoms with Gasteiger partial charge in [0.1, 0.15) is 11.8 Å². The molecule has 4 rings (SSSR count). The Bertz CT molecular complexity index is 864. The Morgan fingerprint density at radius 3 is 2.85 bits per heavy atom. The van der Waals surface area contributed by atoms with E-state index in [4.69, 9.17) is 4.42 Å². The number of piperidine rings is 1. The van der Waals surface area contributed by atoms with Crippen molar-refractivity contribution in [1.82, 2.24) is 20.1 Å². The third-order valence-electron chi connectivity index (χ3n) is 4.63. The molecule has 132 valence electrons. The summed E-state index contributed by atoms with van der Waals surface area (Å²) in [6, 6.07) is 13.4. The van der Waals surface area contributed by atoms with E-state index in [-0.39, 0.29) is 11.9 Å². The van der Waals surface area contributed by atoms with E-state index in [1.54, 1.807) is 24.5 Å². The Hall–Kier alpha value is -3.02. The number of amides is 1. The zero-order valence-electron chi connectivity index (χ0n) is 14.4. The number of oxazole rings is 1. The Labute approximate surface area is 151 Å². The standard InChI is InChI=1S/C20H20N4O2/c25-20(17-9-6-11-22-23-17)24-12-5-4-10-18(24)19-21-14-16(26-19)13-15-7-2-1-3-8-15/h1-3,6-9,11,14,18H,4-5,10,12-13H2/t18-/m0/s1. The highest BCUT2D eigenvalue weighted by atomic mass is 16.4. The fourth-order valence-corrected chi connectivity index (χ4v) is 3.35.